The minimum absolute atomic E-state index is 0.112. The van der Waals surface area contributed by atoms with Crippen molar-refractivity contribution in [2.75, 3.05) is 20.3 Å². The second-order valence-electron chi connectivity index (χ2n) is 6.91. The number of nitrogens with two attached hydrogens (primary N) is 1. The lowest BCUT2D eigenvalue weighted by Crippen LogP contribution is -2.23. The molecule has 0 aliphatic heterocycles. The zero-order chi connectivity index (χ0) is 24.5. The molecule has 0 bridgehead atoms. The molecule has 34 heavy (non-hydrogen) atoms. The summed E-state index contributed by atoms with van der Waals surface area (Å²) < 4.78 is 21.8. The molecule has 0 atom stereocenters. The Labute approximate surface area is 201 Å². The van der Waals surface area contributed by atoms with E-state index in [-0.39, 0.29) is 41.1 Å². The SMILES string of the molecule is CCOc1ccccc1Oc1ccc(CNC(=O)c2cc(Cl)c(OCC(N)=O)c(OC)c2)cn1. The molecule has 10 heteroatoms. The van der Waals surface area contributed by atoms with Crippen molar-refractivity contribution in [3.8, 4) is 28.9 Å². The van der Waals surface area contributed by atoms with E-state index in [9.17, 15) is 9.59 Å². The summed E-state index contributed by atoms with van der Waals surface area (Å²) in [6, 6.07) is 13.7. The third-order valence-electron chi connectivity index (χ3n) is 4.46. The molecule has 0 aliphatic rings. The number of ether oxygens (including phenoxy) is 4. The topological polar surface area (TPSA) is 122 Å². The van der Waals surface area contributed by atoms with Crippen molar-refractivity contribution in [3.05, 3.63) is 70.9 Å². The Morgan fingerprint density at radius 2 is 1.82 bits per heavy atom. The fourth-order valence-electron chi connectivity index (χ4n) is 2.92. The van der Waals surface area contributed by atoms with Crippen LogP contribution < -0.4 is 30.0 Å². The number of aromatic nitrogens is 1. The number of rotatable bonds is 11. The van der Waals surface area contributed by atoms with Gasteiger partial charge in [-0.25, -0.2) is 4.98 Å². The summed E-state index contributed by atoms with van der Waals surface area (Å²) in [7, 11) is 1.40. The lowest BCUT2D eigenvalue weighted by molar-refractivity contribution is -0.119. The summed E-state index contributed by atoms with van der Waals surface area (Å²) in [5.41, 5.74) is 6.11. The van der Waals surface area contributed by atoms with Crippen molar-refractivity contribution in [2.45, 2.75) is 13.5 Å². The molecule has 0 aliphatic carbocycles. The third-order valence-corrected chi connectivity index (χ3v) is 4.75. The molecule has 9 nitrogen and oxygen atoms in total. The number of carbonyl (C=O) groups is 2. The molecule has 0 spiro atoms. The van der Waals surface area contributed by atoms with E-state index in [1.165, 1.54) is 19.2 Å². The Morgan fingerprint density at radius 3 is 2.47 bits per heavy atom. The minimum Gasteiger partial charge on any atom is -0.493 e. The van der Waals surface area contributed by atoms with E-state index in [1.54, 1.807) is 24.4 Å². The van der Waals surface area contributed by atoms with E-state index in [1.807, 2.05) is 25.1 Å². The quantitative estimate of drug-likeness (QED) is 0.424. The van der Waals surface area contributed by atoms with Crippen molar-refractivity contribution >= 4 is 23.4 Å². The van der Waals surface area contributed by atoms with Crippen molar-refractivity contribution in [1.82, 2.24) is 10.3 Å². The number of para-hydroxylation sites is 2. The first-order chi connectivity index (χ1) is 16.4. The van der Waals surface area contributed by atoms with Crippen molar-refractivity contribution in [1.29, 1.82) is 0 Å². The number of amides is 2. The Kier molecular flexibility index (Phi) is 8.53. The van der Waals surface area contributed by atoms with Crippen LogP contribution in [0, 0.1) is 0 Å². The van der Waals surface area contributed by atoms with Gasteiger partial charge in [0.15, 0.2) is 29.6 Å². The molecule has 0 saturated carbocycles. The molecule has 1 aromatic heterocycles. The predicted molar refractivity (Wildman–Crippen MR) is 126 cm³/mol. The van der Waals surface area contributed by atoms with E-state index in [0.717, 1.165) is 5.56 Å². The van der Waals surface area contributed by atoms with Gasteiger partial charge in [0.05, 0.1) is 18.7 Å². The van der Waals surface area contributed by atoms with Crippen LogP contribution in [0.5, 0.6) is 28.9 Å². The van der Waals surface area contributed by atoms with Crippen LogP contribution in [0.1, 0.15) is 22.8 Å². The van der Waals surface area contributed by atoms with Gasteiger partial charge in [0.1, 0.15) is 0 Å². The molecule has 1 heterocycles. The molecule has 0 fully saturated rings. The molecule has 0 saturated heterocycles. The van der Waals surface area contributed by atoms with Gasteiger partial charge >= 0.3 is 0 Å². The van der Waals surface area contributed by atoms with Gasteiger partial charge in [-0.2, -0.15) is 0 Å². The number of pyridine rings is 1. The molecule has 2 aromatic carbocycles. The standard InChI is InChI=1S/C24H24ClN3O6/c1-3-32-18-6-4-5-7-19(18)34-22-9-8-15(12-27-22)13-28-24(30)16-10-17(25)23(20(11-16)31-2)33-14-21(26)29/h4-12H,3,13-14H2,1-2H3,(H2,26,29)(H,28,30). The number of halogens is 1. The lowest BCUT2D eigenvalue weighted by Gasteiger charge is -2.13. The van der Waals surface area contributed by atoms with Crippen LogP contribution in [0.25, 0.3) is 0 Å². The number of primary amides is 1. The van der Waals surface area contributed by atoms with Crippen LogP contribution in [0.15, 0.2) is 54.7 Å². The van der Waals surface area contributed by atoms with Crippen LogP contribution in [-0.2, 0) is 11.3 Å². The zero-order valence-electron chi connectivity index (χ0n) is 18.7. The van der Waals surface area contributed by atoms with Gasteiger partial charge in [0.2, 0.25) is 5.88 Å². The van der Waals surface area contributed by atoms with Gasteiger partial charge < -0.3 is 30.0 Å². The molecule has 2 amide bonds. The third kappa shape index (κ3) is 6.52. The first-order valence-corrected chi connectivity index (χ1v) is 10.7. The number of hydrogen-bond donors (Lipinski definition) is 2. The average molecular weight is 486 g/mol. The van der Waals surface area contributed by atoms with Crippen LogP contribution in [0.4, 0.5) is 0 Å². The highest BCUT2D eigenvalue weighted by atomic mass is 35.5. The summed E-state index contributed by atoms with van der Waals surface area (Å²) in [5, 5.41) is 2.90. The Morgan fingerprint density at radius 1 is 1.06 bits per heavy atom. The molecule has 3 N–H and O–H groups in total. The molecular weight excluding hydrogens is 462 g/mol. The Hall–Kier alpha value is -3.98. The van der Waals surface area contributed by atoms with Gasteiger partial charge in [-0.15, -0.1) is 0 Å². The summed E-state index contributed by atoms with van der Waals surface area (Å²) in [5.74, 6) is 0.872. The highest BCUT2D eigenvalue weighted by Crippen LogP contribution is 2.36. The minimum atomic E-state index is -0.663. The molecule has 3 aromatic rings. The fourth-order valence-corrected chi connectivity index (χ4v) is 3.18. The largest absolute Gasteiger partial charge is 0.493 e. The maximum Gasteiger partial charge on any atom is 0.255 e. The number of methoxy groups -OCH3 is 1. The number of nitrogens with zero attached hydrogens (tertiary/aromatic N) is 1. The van der Waals surface area contributed by atoms with Crippen molar-refractivity contribution in [3.63, 3.8) is 0 Å². The van der Waals surface area contributed by atoms with Crippen LogP contribution in [0.2, 0.25) is 5.02 Å². The summed E-state index contributed by atoms with van der Waals surface area (Å²) in [4.78, 5) is 27.9. The van der Waals surface area contributed by atoms with Crippen LogP contribution in [-0.4, -0.2) is 37.1 Å². The average Bonchev–Trinajstić information content (AvgIpc) is 2.83. The van der Waals surface area contributed by atoms with Crippen molar-refractivity contribution < 1.29 is 28.5 Å². The maximum absolute atomic E-state index is 12.6. The van der Waals surface area contributed by atoms with Gasteiger partial charge in [-0.1, -0.05) is 29.8 Å². The number of carbonyl (C=O) groups excluding carboxylic acids is 2. The van der Waals surface area contributed by atoms with Gasteiger partial charge in [0.25, 0.3) is 11.8 Å². The smallest absolute Gasteiger partial charge is 0.255 e. The molecule has 178 valence electrons. The second kappa shape index (κ2) is 11.8. The monoisotopic (exact) mass is 485 g/mol. The maximum atomic E-state index is 12.6. The van der Waals surface area contributed by atoms with E-state index in [4.69, 9.17) is 36.3 Å². The molecule has 3 rings (SSSR count). The Balaban J connectivity index is 1.63. The number of nitrogens with one attached hydrogen (secondary N) is 1. The Bertz CT molecular complexity index is 1150. The van der Waals surface area contributed by atoms with E-state index < -0.39 is 5.91 Å². The lowest BCUT2D eigenvalue weighted by atomic mass is 10.1. The van der Waals surface area contributed by atoms with Gasteiger partial charge in [0, 0.05) is 24.4 Å². The second-order valence-corrected chi connectivity index (χ2v) is 7.32. The summed E-state index contributed by atoms with van der Waals surface area (Å²) in [6.07, 6.45) is 1.60. The molecular formula is C24H24ClN3O6. The number of benzene rings is 2. The summed E-state index contributed by atoms with van der Waals surface area (Å²) in [6.45, 7) is 2.27. The fraction of sp³-hybridized carbons (Fsp3) is 0.208. The van der Waals surface area contributed by atoms with E-state index in [2.05, 4.69) is 10.3 Å². The van der Waals surface area contributed by atoms with Crippen LogP contribution in [0.3, 0.4) is 0 Å². The first kappa shape index (κ1) is 24.7. The van der Waals surface area contributed by atoms with E-state index in [0.29, 0.717) is 24.0 Å². The molecule has 0 unspecified atom stereocenters. The van der Waals surface area contributed by atoms with Gasteiger partial charge in [-0.3, -0.25) is 9.59 Å². The molecule has 0 radical (unpaired) electrons. The van der Waals surface area contributed by atoms with Crippen molar-refractivity contribution in [2.24, 2.45) is 5.73 Å². The first-order valence-electron chi connectivity index (χ1n) is 10.3. The van der Waals surface area contributed by atoms with Crippen LogP contribution >= 0.6 is 11.6 Å². The zero-order valence-corrected chi connectivity index (χ0v) is 19.4. The highest BCUT2D eigenvalue weighted by molar-refractivity contribution is 6.32. The predicted octanol–water partition coefficient (Wildman–Crippen LogP) is 3.73. The normalized spacial score (nSPS) is 10.3. The highest BCUT2D eigenvalue weighted by Gasteiger charge is 2.17. The summed E-state index contributed by atoms with van der Waals surface area (Å²) >= 11 is 6.20. The number of hydrogen-bond acceptors (Lipinski definition) is 7. The van der Waals surface area contributed by atoms with Gasteiger partial charge in [-0.05, 0) is 36.8 Å². The van der Waals surface area contributed by atoms with E-state index >= 15 is 0 Å².